The zero-order valence-electron chi connectivity index (χ0n) is 8.95. The summed E-state index contributed by atoms with van der Waals surface area (Å²) in [5, 5.41) is 3.37. The summed E-state index contributed by atoms with van der Waals surface area (Å²) in [5.41, 5.74) is 0. The highest BCUT2D eigenvalue weighted by molar-refractivity contribution is 5.02. The average molecular weight is 197 g/mol. The van der Waals surface area contributed by atoms with Crippen molar-refractivity contribution in [3.05, 3.63) is 24.2 Å². The summed E-state index contributed by atoms with van der Waals surface area (Å²) in [6, 6.07) is 4.18. The largest absolute Gasteiger partial charge is 0.468 e. The predicted molar refractivity (Wildman–Crippen MR) is 56.2 cm³/mol. The van der Waals surface area contributed by atoms with Crippen LogP contribution in [0.1, 0.15) is 32.1 Å². The molecule has 0 unspecified atom stereocenters. The first-order chi connectivity index (χ1) is 6.84. The van der Waals surface area contributed by atoms with Crippen molar-refractivity contribution < 1.29 is 9.15 Å². The predicted octanol–water partition coefficient (Wildman–Crippen LogP) is 2.36. The number of hydrogen-bond acceptors (Lipinski definition) is 3. The van der Waals surface area contributed by atoms with Crippen LogP contribution >= 0.6 is 0 Å². The second-order valence-corrected chi connectivity index (χ2v) is 3.24. The fourth-order valence-corrected chi connectivity index (χ4v) is 1.28. The molecule has 0 aliphatic rings. The zero-order valence-corrected chi connectivity index (χ0v) is 8.95. The van der Waals surface area contributed by atoms with Gasteiger partial charge < -0.3 is 14.5 Å². The summed E-state index contributed by atoms with van der Waals surface area (Å²) >= 11 is 0. The van der Waals surface area contributed by atoms with Crippen molar-refractivity contribution in [2.75, 3.05) is 19.8 Å². The van der Waals surface area contributed by atoms with Crippen molar-refractivity contribution in [1.82, 2.24) is 5.32 Å². The van der Waals surface area contributed by atoms with Crippen LogP contribution in [0, 0.1) is 0 Å². The second-order valence-electron chi connectivity index (χ2n) is 3.24. The fraction of sp³-hybridized carbons (Fsp3) is 0.636. The molecule has 0 saturated carbocycles. The summed E-state index contributed by atoms with van der Waals surface area (Å²) < 4.78 is 10.5. The highest BCUT2D eigenvalue weighted by atomic mass is 16.5. The van der Waals surface area contributed by atoms with Gasteiger partial charge in [-0.2, -0.15) is 0 Å². The maximum absolute atomic E-state index is 5.28. The van der Waals surface area contributed by atoms with Crippen LogP contribution < -0.4 is 5.32 Å². The molecule has 0 bridgehead atoms. The lowest BCUT2D eigenvalue weighted by Crippen LogP contribution is -2.20. The van der Waals surface area contributed by atoms with Crippen LogP contribution in [-0.2, 0) is 4.74 Å². The van der Waals surface area contributed by atoms with E-state index in [0.717, 1.165) is 31.9 Å². The van der Waals surface area contributed by atoms with Gasteiger partial charge in [-0.05, 0) is 38.9 Å². The van der Waals surface area contributed by atoms with Crippen LogP contribution in [-0.4, -0.2) is 19.8 Å². The number of ether oxygens (including phenoxy) is 1. The summed E-state index contributed by atoms with van der Waals surface area (Å²) in [7, 11) is 0. The molecule has 1 heterocycles. The molecule has 1 rings (SSSR count). The molecule has 0 radical (unpaired) electrons. The van der Waals surface area contributed by atoms with E-state index < -0.39 is 0 Å². The summed E-state index contributed by atoms with van der Waals surface area (Å²) in [4.78, 5) is 0. The van der Waals surface area contributed by atoms with Crippen molar-refractivity contribution in [2.24, 2.45) is 0 Å². The molecule has 0 spiro atoms. The summed E-state index contributed by atoms with van der Waals surface area (Å²) in [6.45, 7) is 6.70. The molecular weight excluding hydrogens is 178 g/mol. The first-order valence-corrected chi connectivity index (χ1v) is 5.19. The number of hydrogen-bond donors (Lipinski definition) is 1. The molecule has 3 nitrogen and oxygen atoms in total. The van der Waals surface area contributed by atoms with E-state index in [-0.39, 0.29) is 6.04 Å². The minimum absolute atomic E-state index is 0.284. The standard InChI is InChI=1S/C11H19NO2/c1-3-13-8-5-7-12-10(2)11-6-4-9-14-11/h4,6,9-10,12H,3,5,7-8H2,1-2H3/t10-/m1/s1. The van der Waals surface area contributed by atoms with Crippen LogP contribution in [0.25, 0.3) is 0 Å². The third kappa shape index (κ3) is 3.94. The highest BCUT2D eigenvalue weighted by Crippen LogP contribution is 2.11. The van der Waals surface area contributed by atoms with Crippen molar-refractivity contribution in [3.8, 4) is 0 Å². The number of rotatable bonds is 7. The van der Waals surface area contributed by atoms with E-state index in [9.17, 15) is 0 Å². The van der Waals surface area contributed by atoms with Gasteiger partial charge in [0.05, 0.1) is 12.3 Å². The van der Waals surface area contributed by atoms with Gasteiger partial charge in [-0.25, -0.2) is 0 Å². The molecule has 1 atom stereocenters. The fourth-order valence-electron chi connectivity index (χ4n) is 1.28. The number of nitrogens with one attached hydrogen (secondary N) is 1. The molecule has 0 fully saturated rings. The molecule has 0 aromatic carbocycles. The smallest absolute Gasteiger partial charge is 0.120 e. The average Bonchev–Trinajstić information content (AvgIpc) is 2.70. The van der Waals surface area contributed by atoms with Gasteiger partial charge in [-0.3, -0.25) is 0 Å². The van der Waals surface area contributed by atoms with E-state index in [1.54, 1.807) is 6.26 Å². The van der Waals surface area contributed by atoms with Gasteiger partial charge in [-0.15, -0.1) is 0 Å². The Balaban J connectivity index is 2.07. The van der Waals surface area contributed by atoms with Crippen molar-refractivity contribution in [3.63, 3.8) is 0 Å². The Bertz CT molecular complexity index is 221. The Labute approximate surface area is 85.4 Å². The minimum atomic E-state index is 0.284. The van der Waals surface area contributed by atoms with Gasteiger partial charge >= 0.3 is 0 Å². The van der Waals surface area contributed by atoms with E-state index in [4.69, 9.17) is 9.15 Å². The van der Waals surface area contributed by atoms with Crippen LogP contribution in [0.15, 0.2) is 22.8 Å². The minimum Gasteiger partial charge on any atom is -0.468 e. The van der Waals surface area contributed by atoms with Crippen LogP contribution in [0.5, 0.6) is 0 Å². The normalized spacial score (nSPS) is 13.0. The van der Waals surface area contributed by atoms with Gasteiger partial charge in [0.15, 0.2) is 0 Å². The first-order valence-electron chi connectivity index (χ1n) is 5.19. The number of furan rings is 1. The molecular formula is C11H19NO2. The van der Waals surface area contributed by atoms with Crippen molar-refractivity contribution >= 4 is 0 Å². The molecule has 1 aromatic heterocycles. The SMILES string of the molecule is CCOCCCN[C@H](C)c1ccco1. The molecule has 1 N–H and O–H groups in total. The molecule has 0 amide bonds. The molecule has 14 heavy (non-hydrogen) atoms. The van der Waals surface area contributed by atoms with Crippen molar-refractivity contribution in [1.29, 1.82) is 0 Å². The zero-order chi connectivity index (χ0) is 10.2. The summed E-state index contributed by atoms with van der Waals surface area (Å²) in [6.07, 6.45) is 2.74. The molecule has 1 aromatic rings. The van der Waals surface area contributed by atoms with Gasteiger partial charge in [0.2, 0.25) is 0 Å². The molecule has 0 aliphatic carbocycles. The Morgan fingerprint density at radius 1 is 1.57 bits per heavy atom. The maximum atomic E-state index is 5.28. The van der Waals surface area contributed by atoms with E-state index in [2.05, 4.69) is 12.2 Å². The highest BCUT2D eigenvalue weighted by Gasteiger charge is 2.05. The van der Waals surface area contributed by atoms with Crippen LogP contribution in [0.4, 0.5) is 0 Å². The lowest BCUT2D eigenvalue weighted by molar-refractivity contribution is 0.144. The third-order valence-corrected chi connectivity index (χ3v) is 2.09. The first kappa shape index (κ1) is 11.3. The van der Waals surface area contributed by atoms with Gasteiger partial charge in [0.25, 0.3) is 0 Å². The Kier molecular flexibility index (Phi) is 5.33. The molecule has 80 valence electrons. The van der Waals surface area contributed by atoms with E-state index in [0.29, 0.717) is 0 Å². The van der Waals surface area contributed by atoms with Gasteiger partial charge in [0, 0.05) is 13.2 Å². The molecule has 3 heteroatoms. The Morgan fingerprint density at radius 3 is 3.07 bits per heavy atom. The lowest BCUT2D eigenvalue weighted by Gasteiger charge is -2.10. The monoisotopic (exact) mass is 197 g/mol. The Hall–Kier alpha value is -0.800. The third-order valence-electron chi connectivity index (χ3n) is 2.09. The van der Waals surface area contributed by atoms with Gasteiger partial charge in [-0.1, -0.05) is 0 Å². The van der Waals surface area contributed by atoms with Crippen LogP contribution in [0.3, 0.4) is 0 Å². The molecule has 0 aliphatic heterocycles. The summed E-state index contributed by atoms with van der Waals surface area (Å²) in [5.74, 6) is 0.987. The Morgan fingerprint density at radius 2 is 2.43 bits per heavy atom. The maximum Gasteiger partial charge on any atom is 0.120 e. The van der Waals surface area contributed by atoms with Crippen LogP contribution in [0.2, 0.25) is 0 Å². The van der Waals surface area contributed by atoms with Gasteiger partial charge in [0.1, 0.15) is 5.76 Å². The van der Waals surface area contributed by atoms with E-state index in [1.165, 1.54) is 0 Å². The second kappa shape index (κ2) is 6.62. The quantitative estimate of drug-likeness (QED) is 0.681. The topological polar surface area (TPSA) is 34.4 Å². The van der Waals surface area contributed by atoms with E-state index >= 15 is 0 Å². The van der Waals surface area contributed by atoms with E-state index in [1.807, 2.05) is 19.1 Å². The molecule has 0 saturated heterocycles. The lowest BCUT2D eigenvalue weighted by atomic mass is 10.2. The van der Waals surface area contributed by atoms with Crippen molar-refractivity contribution in [2.45, 2.75) is 26.3 Å².